The maximum absolute atomic E-state index is 8.57. The highest BCUT2D eigenvalue weighted by molar-refractivity contribution is 4.51. The summed E-state index contributed by atoms with van der Waals surface area (Å²) in [5, 5.41) is 8.57. The van der Waals surface area contributed by atoms with Crippen molar-refractivity contribution in [2.45, 2.75) is 110 Å². The van der Waals surface area contributed by atoms with Gasteiger partial charge in [-0.05, 0) is 12.3 Å². The molecule has 0 radical (unpaired) electrons. The van der Waals surface area contributed by atoms with Crippen molar-refractivity contribution in [1.82, 2.24) is 0 Å². The number of aliphatic hydroxyl groups excluding tert-OH is 1. The van der Waals surface area contributed by atoms with E-state index in [1.165, 1.54) is 89.9 Å². The first-order valence-electron chi connectivity index (χ1n) is 11.5. The van der Waals surface area contributed by atoms with Gasteiger partial charge in [-0.3, -0.25) is 0 Å². The van der Waals surface area contributed by atoms with Crippen molar-refractivity contribution < 1.29 is 14.6 Å². The van der Waals surface area contributed by atoms with Gasteiger partial charge < -0.3 is 14.6 Å². The Kier molecular flexibility index (Phi) is 22.8. The molecule has 0 aromatic heterocycles. The summed E-state index contributed by atoms with van der Waals surface area (Å²) in [6, 6.07) is 0. The largest absolute Gasteiger partial charge is 0.394 e. The summed E-state index contributed by atoms with van der Waals surface area (Å²) in [5.41, 5.74) is 0. The molecule has 0 aromatic carbocycles. The van der Waals surface area contributed by atoms with Crippen LogP contribution in [-0.2, 0) is 9.47 Å². The van der Waals surface area contributed by atoms with Crippen molar-refractivity contribution in [1.29, 1.82) is 0 Å². The Hall–Kier alpha value is -0.120. The van der Waals surface area contributed by atoms with Gasteiger partial charge in [0.25, 0.3) is 0 Å². The van der Waals surface area contributed by atoms with E-state index >= 15 is 0 Å². The molecule has 0 saturated heterocycles. The summed E-state index contributed by atoms with van der Waals surface area (Å²) in [5.74, 6) is 0.881. The Morgan fingerprint density at radius 2 is 0.885 bits per heavy atom. The van der Waals surface area contributed by atoms with E-state index in [0.717, 1.165) is 18.9 Å². The molecule has 0 heterocycles. The monoisotopic (exact) mass is 372 g/mol. The van der Waals surface area contributed by atoms with Crippen LogP contribution in [0.25, 0.3) is 0 Å². The summed E-state index contributed by atoms with van der Waals surface area (Å²) in [7, 11) is 0. The quantitative estimate of drug-likeness (QED) is 0.220. The number of hydrogen-bond acceptors (Lipinski definition) is 3. The number of aliphatic hydroxyl groups is 1. The van der Waals surface area contributed by atoms with Gasteiger partial charge in [-0.15, -0.1) is 0 Å². The van der Waals surface area contributed by atoms with Gasteiger partial charge in [-0.25, -0.2) is 0 Å². The molecular formula is C23H48O3. The summed E-state index contributed by atoms with van der Waals surface area (Å²) in [6.45, 7) is 7.26. The Balaban J connectivity index is 2.97. The fourth-order valence-corrected chi connectivity index (χ4v) is 3.26. The van der Waals surface area contributed by atoms with Crippen LogP contribution >= 0.6 is 0 Å². The van der Waals surface area contributed by atoms with Gasteiger partial charge in [0.2, 0.25) is 0 Å². The first kappa shape index (κ1) is 25.9. The summed E-state index contributed by atoms with van der Waals surface area (Å²) >= 11 is 0. The maximum Gasteiger partial charge on any atom is 0.0701 e. The molecule has 0 aliphatic heterocycles. The zero-order valence-corrected chi connectivity index (χ0v) is 18.0. The predicted octanol–water partition coefficient (Wildman–Crippen LogP) is 6.52. The molecule has 0 rings (SSSR count). The molecular weight excluding hydrogens is 324 g/mol. The summed E-state index contributed by atoms with van der Waals surface area (Å²) < 4.78 is 10.6. The van der Waals surface area contributed by atoms with Crippen molar-refractivity contribution >= 4 is 0 Å². The first-order valence-corrected chi connectivity index (χ1v) is 11.5. The topological polar surface area (TPSA) is 38.7 Å². The van der Waals surface area contributed by atoms with Gasteiger partial charge in [0.15, 0.2) is 0 Å². The lowest BCUT2D eigenvalue weighted by Gasteiger charge is -2.05. The van der Waals surface area contributed by atoms with E-state index in [9.17, 15) is 0 Å². The smallest absolute Gasteiger partial charge is 0.0701 e. The molecule has 0 aromatic rings. The Morgan fingerprint density at radius 1 is 0.500 bits per heavy atom. The molecule has 158 valence electrons. The SMILES string of the molecule is CC(C)CCCCCCCCCCCCCCCCOCCOCCO. The minimum absolute atomic E-state index is 0.0958. The third kappa shape index (κ3) is 23.9. The second-order valence-corrected chi connectivity index (χ2v) is 8.08. The third-order valence-corrected chi connectivity index (χ3v) is 4.93. The van der Waals surface area contributed by atoms with Gasteiger partial charge in [-0.1, -0.05) is 104 Å². The van der Waals surface area contributed by atoms with Crippen LogP contribution < -0.4 is 0 Å². The molecule has 0 atom stereocenters. The van der Waals surface area contributed by atoms with Crippen molar-refractivity contribution in [3.8, 4) is 0 Å². The molecule has 0 aliphatic rings. The molecule has 3 heteroatoms. The lowest BCUT2D eigenvalue weighted by Crippen LogP contribution is -2.07. The molecule has 0 saturated carbocycles. The fraction of sp³-hybridized carbons (Fsp3) is 1.00. The number of rotatable bonds is 22. The average molecular weight is 373 g/mol. The Morgan fingerprint density at radius 3 is 1.31 bits per heavy atom. The van der Waals surface area contributed by atoms with Gasteiger partial charge in [-0.2, -0.15) is 0 Å². The number of ether oxygens (including phenoxy) is 2. The number of hydrogen-bond donors (Lipinski definition) is 1. The lowest BCUT2D eigenvalue weighted by atomic mass is 10.0. The van der Waals surface area contributed by atoms with E-state index in [-0.39, 0.29) is 6.61 Å². The van der Waals surface area contributed by atoms with Crippen LogP contribution in [0.5, 0.6) is 0 Å². The van der Waals surface area contributed by atoms with Gasteiger partial charge in [0, 0.05) is 6.61 Å². The van der Waals surface area contributed by atoms with Crippen LogP contribution in [0.15, 0.2) is 0 Å². The average Bonchev–Trinajstić information content (AvgIpc) is 2.62. The van der Waals surface area contributed by atoms with Gasteiger partial charge >= 0.3 is 0 Å². The predicted molar refractivity (Wildman–Crippen MR) is 113 cm³/mol. The second-order valence-electron chi connectivity index (χ2n) is 8.08. The van der Waals surface area contributed by atoms with Crippen LogP contribution in [-0.4, -0.2) is 38.1 Å². The van der Waals surface area contributed by atoms with Crippen molar-refractivity contribution in [2.75, 3.05) is 33.0 Å². The van der Waals surface area contributed by atoms with Crippen LogP contribution in [0, 0.1) is 5.92 Å². The van der Waals surface area contributed by atoms with E-state index < -0.39 is 0 Å². The minimum atomic E-state index is 0.0958. The maximum atomic E-state index is 8.57. The minimum Gasteiger partial charge on any atom is -0.394 e. The zero-order chi connectivity index (χ0) is 19.1. The molecule has 0 bridgehead atoms. The van der Waals surface area contributed by atoms with E-state index in [2.05, 4.69) is 13.8 Å². The normalized spacial score (nSPS) is 11.5. The van der Waals surface area contributed by atoms with E-state index in [1.54, 1.807) is 0 Å². The highest BCUT2D eigenvalue weighted by atomic mass is 16.5. The highest BCUT2D eigenvalue weighted by Crippen LogP contribution is 2.14. The highest BCUT2D eigenvalue weighted by Gasteiger charge is 1.96. The molecule has 0 unspecified atom stereocenters. The first-order chi connectivity index (χ1) is 12.8. The molecule has 3 nitrogen and oxygen atoms in total. The van der Waals surface area contributed by atoms with Crippen LogP contribution in [0.3, 0.4) is 0 Å². The van der Waals surface area contributed by atoms with Crippen molar-refractivity contribution in [2.24, 2.45) is 5.92 Å². The van der Waals surface area contributed by atoms with E-state index in [1.807, 2.05) is 0 Å². The summed E-state index contributed by atoms with van der Waals surface area (Å²) in [4.78, 5) is 0. The van der Waals surface area contributed by atoms with Gasteiger partial charge in [0.05, 0.1) is 26.4 Å². The van der Waals surface area contributed by atoms with E-state index in [4.69, 9.17) is 14.6 Å². The lowest BCUT2D eigenvalue weighted by molar-refractivity contribution is 0.0321. The fourth-order valence-electron chi connectivity index (χ4n) is 3.26. The Labute approximate surface area is 164 Å². The van der Waals surface area contributed by atoms with Crippen molar-refractivity contribution in [3.63, 3.8) is 0 Å². The van der Waals surface area contributed by atoms with Gasteiger partial charge in [0.1, 0.15) is 0 Å². The molecule has 0 amide bonds. The van der Waals surface area contributed by atoms with Crippen LogP contribution in [0.4, 0.5) is 0 Å². The molecule has 26 heavy (non-hydrogen) atoms. The Bertz CT molecular complexity index is 244. The van der Waals surface area contributed by atoms with Crippen LogP contribution in [0.2, 0.25) is 0 Å². The van der Waals surface area contributed by atoms with Crippen LogP contribution in [0.1, 0.15) is 110 Å². The molecule has 1 N–H and O–H groups in total. The van der Waals surface area contributed by atoms with Crippen molar-refractivity contribution in [3.05, 3.63) is 0 Å². The zero-order valence-electron chi connectivity index (χ0n) is 18.0. The summed E-state index contributed by atoms with van der Waals surface area (Å²) in [6.07, 6.45) is 21.0. The molecule has 0 fully saturated rings. The second kappa shape index (κ2) is 22.9. The number of unbranched alkanes of at least 4 members (excludes halogenated alkanes) is 13. The van der Waals surface area contributed by atoms with E-state index in [0.29, 0.717) is 19.8 Å². The standard InChI is InChI=1S/C23H48O3/c1-23(2)17-15-13-11-9-7-5-3-4-6-8-10-12-14-16-19-25-21-22-26-20-18-24/h23-24H,3-22H2,1-2H3. The molecule has 0 aliphatic carbocycles. The molecule has 0 spiro atoms. The third-order valence-electron chi connectivity index (χ3n) is 4.93.